The van der Waals surface area contributed by atoms with Gasteiger partial charge in [0.15, 0.2) is 0 Å². The Morgan fingerprint density at radius 2 is 1.93 bits per heavy atom. The summed E-state index contributed by atoms with van der Waals surface area (Å²) in [5.41, 5.74) is 3.51. The van der Waals surface area contributed by atoms with Crippen LogP contribution < -0.4 is 0 Å². The van der Waals surface area contributed by atoms with E-state index in [2.05, 4.69) is 39.2 Å². The zero-order valence-electron chi connectivity index (χ0n) is 10.2. The molecule has 0 aliphatic carbocycles. The summed E-state index contributed by atoms with van der Waals surface area (Å²) >= 11 is 0. The molecule has 0 spiro atoms. The summed E-state index contributed by atoms with van der Waals surface area (Å²) in [6, 6.07) is 0. The zero-order chi connectivity index (χ0) is 11.7. The number of allylic oxidation sites excluding steroid dienone is 8. The van der Waals surface area contributed by atoms with Gasteiger partial charge in [-0.1, -0.05) is 56.9 Å². The molecule has 0 atom stereocenters. The lowest BCUT2D eigenvalue weighted by Gasteiger charge is -2.10. The molecule has 0 nitrogen and oxygen atoms in total. The Morgan fingerprint density at radius 3 is 2.33 bits per heavy atom. The van der Waals surface area contributed by atoms with Crippen molar-refractivity contribution >= 4 is 0 Å². The Labute approximate surface area is 94.4 Å². The van der Waals surface area contributed by atoms with Crippen LogP contribution in [0.2, 0.25) is 0 Å². The van der Waals surface area contributed by atoms with Gasteiger partial charge in [0, 0.05) is 0 Å². The van der Waals surface area contributed by atoms with E-state index in [1.165, 1.54) is 5.57 Å². The second kappa shape index (κ2) is 8.05. The summed E-state index contributed by atoms with van der Waals surface area (Å²) in [5, 5.41) is 0. The molecule has 0 bridgehead atoms. The van der Waals surface area contributed by atoms with E-state index in [0.717, 1.165) is 24.0 Å². The molecular formula is C15H22. The van der Waals surface area contributed by atoms with Crippen LogP contribution in [0.4, 0.5) is 0 Å². The number of hydrogen-bond acceptors (Lipinski definition) is 0. The van der Waals surface area contributed by atoms with Crippen LogP contribution in [0.3, 0.4) is 0 Å². The maximum absolute atomic E-state index is 4.13. The minimum absolute atomic E-state index is 1.08. The smallest absolute Gasteiger partial charge is 0.0193 e. The molecule has 0 aromatic carbocycles. The molecule has 0 saturated carbocycles. The van der Waals surface area contributed by atoms with Crippen molar-refractivity contribution in [3.8, 4) is 0 Å². The van der Waals surface area contributed by atoms with E-state index < -0.39 is 0 Å². The van der Waals surface area contributed by atoms with E-state index >= 15 is 0 Å². The van der Waals surface area contributed by atoms with E-state index in [9.17, 15) is 0 Å². The summed E-state index contributed by atoms with van der Waals surface area (Å²) < 4.78 is 0. The van der Waals surface area contributed by atoms with Crippen LogP contribution in [-0.2, 0) is 0 Å². The van der Waals surface area contributed by atoms with Gasteiger partial charge in [-0.25, -0.2) is 0 Å². The SMILES string of the molecule is C=C/C(=C/C=C\C)C(=C)/C(=C\C)CCC. The van der Waals surface area contributed by atoms with Crippen molar-refractivity contribution in [1.82, 2.24) is 0 Å². The lowest BCUT2D eigenvalue weighted by Crippen LogP contribution is -1.90. The molecule has 0 heteroatoms. The fourth-order valence-electron chi connectivity index (χ4n) is 1.42. The van der Waals surface area contributed by atoms with Gasteiger partial charge < -0.3 is 0 Å². The Balaban J connectivity index is 4.86. The molecule has 0 fully saturated rings. The van der Waals surface area contributed by atoms with Crippen LogP contribution in [0, 0.1) is 0 Å². The Morgan fingerprint density at radius 1 is 1.27 bits per heavy atom. The van der Waals surface area contributed by atoms with Gasteiger partial charge in [-0.05, 0) is 37.0 Å². The van der Waals surface area contributed by atoms with E-state index in [-0.39, 0.29) is 0 Å². The molecule has 0 saturated heterocycles. The fourth-order valence-corrected chi connectivity index (χ4v) is 1.42. The summed E-state index contributed by atoms with van der Waals surface area (Å²) in [7, 11) is 0. The van der Waals surface area contributed by atoms with E-state index in [0.29, 0.717) is 0 Å². The first-order valence-electron chi connectivity index (χ1n) is 5.51. The lowest BCUT2D eigenvalue weighted by atomic mass is 9.95. The van der Waals surface area contributed by atoms with Crippen LogP contribution in [-0.4, -0.2) is 0 Å². The highest BCUT2D eigenvalue weighted by atomic mass is 14.1. The molecule has 15 heavy (non-hydrogen) atoms. The molecule has 0 unspecified atom stereocenters. The Bertz CT molecular complexity index is 298. The zero-order valence-corrected chi connectivity index (χ0v) is 10.2. The van der Waals surface area contributed by atoms with E-state index in [1.807, 2.05) is 25.2 Å². The van der Waals surface area contributed by atoms with Crippen LogP contribution in [0.1, 0.15) is 33.6 Å². The standard InChI is InChI=1S/C15H22/c1-6-10-12-15(9-4)13(5)14(8-3)11-7-2/h6,8-10,12H,4-5,7,11H2,1-3H3/b10-6-,14-8-,15-12-. The lowest BCUT2D eigenvalue weighted by molar-refractivity contribution is 0.914. The predicted octanol–water partition coefficient (Wildman–Crippen LogP) is 4.98. The van der Waals surface area contributed by atoms with Crippen molar-refractivity contribution in [3.05, 3.63) is 60.3 Å². The Kier molecular flexibility index (Phi) is 7.35. The normalized spacial score (nSPS) is 13.3. The maximum atomic E-state index is 4.13. The third kappa shape index (κ3) is 4.64. The van der Waals surface area contributed by atoms with Crippen molar-refractivity contribution < 1.29 is 0 Å². The van der Waals surface area contributed by atoms with Gasteiger partial charge in [0.2, 0.25) is 0 Å². The van der Waals surface area contributed by atoms with Crippen LogP contribution >= 0.6 is 0 Å². The second-order valence-corrected chi connectivity index (χ2v) is 3.39. The average Bonchev–Trinajstić information content (AvgIpc) is 2.26. The average molecular weight is 202 g/mol. The minimum atomic E-state index is 1.08. The van der Waals surface area contributed by atoms with Crippen molar-refractivity contribution in [3.63, 3.8) is 0 Å². The number of rotatable bonds is 6. The molecule has 0 aliphatic heterocycles. The topological polar surface area (TPSA) is 0 Å². The molecule has 0 aromatic rings. The van der Waals surface area contributed by atoms with E-state index in [1.54, 1.807) is 0 Å². The predicted molar refractivity (Wildman–Crippen MR) is 70.9 cm³/mol. The summed E-state index contributed by atoms with van der Waals surface area (Å²) in [4.78, 5) is 0. The largest absolute Gasteiger partial charge is 0.0984 e. The summed E-state index contributed by atoms with van der Waals surface area (Å²) in [5.74, 6) is 0. The van der Waals surface area contributed by atoms with E-state index in [4.69, 9.17) is 0 Å². The Hall–Kier alpha value is -1.30. The molecular weight excluding hydrogens is 180 g/mol. The molecule has 0 N–H and O–H groups in total. The number of hydrogen-bond donors (Lipinski definition) is 0. The summed E-state index contributed by atoms with van der Waals surface area (Å²) in [6.45, 7) is 14.2. The molecule has 0 radical (unpaired) electrons. The molecule has 0 aliphatic rings. The van der Waals surface area contributed by atoms with Gasteiger partial charge in [0.25, 0.3) is 0 Å². The van der Waals surface area contributed by atoms with Gasteiger partial charge in [-0.15, -0.1) is 0 Å². The van der Waals surface area contributed by atoms with Crippen LogP contribution in [0.5, 0.6) is 0 Å². The molecule has 82 valence electrons. The first-order chi connectivity index (χ1) is 7.21. The first kappa shape index (κ1) is 13.7. The van der Waals surface area contributed by atoms with Crippen LogP contribution in [0.15, 0.2) is 60.3 Å². The second-order valence-electron chi connectivity index (χ2n) is 3.39. The van der Waals surface area contributed by atoms with Gasteiger partial charge in [-0.2, -0.15) is 0 Å². The molecule has 0 aromatic heterocycles. The highest BCUT2D eigenvalue weighted by Crippen LogP contribution is 2.22. The van der Waals surface area contributed by atoms with Gasteiger partial charge in [0.1, 0.15) is 0 Å². The van der Waals surface area contributed by atoms with Crippen molar-refractivity contribution in [1.29, 1.82) is 0 Å². The third-order valence-electron chi connectivity index (χ3n) is 2.29. The van der Waals surface area contributed by atoms with Gasteiger partial charge >= 0.3 is 0 Å². The summed E-state index contributed by atoms with van der Waals surface area (Å²) in [6.07, 6.45) is 12.3. The highest BCUT2D eigenvalue weighted by molar-refractivity contribution is 5.50. The maximum Gasteiger partial charge on any atom is -0.0193 e. The highest BCUT2D eigenvalue weighted by Gasteiger charge is 2.03. The van der Waals surface area contributed by atoms with Crippen molar-refractivity contribution in [2.24, 2.45) is 0 Å². The molecule has 0 rings (SSSR count). The molecule has 0 heterocycles. The third-order valence-corrected chi connectivity index (χ3v) is 2.29. The van der Waals surface area contributed by atoms with Gasteiger partial charge in [-0.3, -0.25) is 0 Å². The van der Waals surface area contributed by atoms with Crippen molar-refractivity contribution in [2.45, 2.75) is 33.6 Å². The quantitative estimate of drug-likeness (QED) is 0.533. The van der Waals surface area contributed by atoms with Crippen molar-refractivity contribution in [2.75, 3.05) is 0 Å². The first-order valence-corrected chi connectivity index (χ1v) is 5.51. The van der Waals surface area contributed by atoms with Gasteiger partial charge in [0.05, 0.1) is 0 Å². The fraction of sp³-hybridized carbons (Fsp3) is 0.333. The monoisotopic (exact) mass is 202 g/mol. The molecule has 0 amide bonds. The van der Waals surface area contributed by atoms with Crippen LogP contribution in [0.25, 0.3) is 0 Å². The minimum Gasteiger partial charge on any atom is -0.0984 e.